The van der Waals surface area contributed by atoms with Crippen molar-refractivity contribution in [3.8, 4) is 0 Å². The van der Waals surface area contributed by atoms with Crippen molar-refractivity contribution in [2.75, 3.05) is 0 Å². The summed E-state index contributed by atoms with van der Waals surface area (Å²) in [7, 11) is 0. The summed E-state index contributed by atoms with van der Waals surface area (Å²) in [6.45, 7) is 3.01. The number of carbonyl (C=O) groups is 5. The van der Waals surface area contributed by atoms with E-state index in [1.165, 1.54) is 0 Å². The van der Waals surface area contributed by atoms with E-state index in [9.17, 15) is 24.0 Å². The molecule has 0 saturated heterocycles. The largest absolute Gasteiger partial charge is 0.481 e. The van der Waals surface area contributed by atoms with Gasteiger partial charge in [0.05, 0.1) is 23.1 Å². The smallest absolute Gasteiger partial charge is 0.335 e. The van der Waals surface area contributed by atoms with Crippen molar-refractivity contribution in [3.63, 3.8) is 0 Å². The molecule has 5 N–H and O–H groups in total. The molecule has 0 aliphatic heterocycles. The Labute approximate surface area is 133 Å². The van der Waals surface area contributed by atoms with E-state index in [1.807, 2.05) is 0 Å². The van der Waals surface area contributed by atoms with E-state index >= 15 is 0 Å². The molecule has 0 saturated carbocycles. The molecule has 0 amide bonds. The van der Waals surface area contributed by atoms with Crippen LogP contribution in [0, 0.1) is 0 Å². The lowest BCUT2D eigenvalue weighted by molar-refractivity contribution is -0.139. The van der Waals surface area contributed by atoms with Gasteiger partial charge >= 0.3 is 29.8 Å². The molecule has 0 bridgehead atoms. The minimum Gasteiger partial charge on any atom is -0.481 e. The average Bonchev–Trinajstić information content (AvgIpc) is 2.46. The molecule has 0 aliphatic carbocycles. The first-order chi connectivity index (χ1) is 11.0. The molecule has 0 radical (unpaired) electrons. The highest BCUT2D eigenvalue weighted by molar-refractivity contribution is 5.98. The molecule has 1 aromatic rings. The first kappa shape index (κ1) is 20.3. The van der Waals surface area contributed by atoms with Crippen molar-refractivity contribution in [1.82, 2.24) is 0 Å². The summed E-state index contributed by atoms with van der Waals surface area (Å²) >= 11 is 0. The highest BCUT2D eigenvalue weighted by Crippen LogP contribution is 2.11. The third kappa shape index (κ3) is 6.85. The van der Waals surface area contributed by atoms with Gasteiger partial charge in [-0.25, -0.2) is 19.2 Å². The van der Waals surface area contributed by atoms with Gasteiger partial charge in [0, 0.05) is 5.57 Å². The van der Waals surface area contributed by atoms with Crippen molar-refractivity contribution in [2.24, 2.45) is 0 Å². The number of rotatable bonds is 6. The summed E-state index contributed by atoms with van der Waals surface area (Å²) in [5.41, 5.74) is -1.41. The Kier molecular flexibility index (Phi) is 7.35. The first-order valence-electron chi connectivity index (χ1n) is 5.93. The second-order valence-electron chi connectivity index (χ2n) is 4.19. The van der Waals surface area contributed by atoms with Crippen LogP contribution in [0.15, 0.2) is 30.4 Å². The van der Waals surface area contributed by atoms with Crippen LogP contribution in [0.2, 0.25) is 0 Å². The molecule has 128 valence electrons. The van der Waals surface area contributed by atoms with Crippen LogP contribution in [0.25, 0.3) is 0 Å². The van der Waals surface area contributed by atoms with E-state index in [-0.39, 0.29) is 22.3 Å². The van der Waals surface area contributed by atoms with Crippen LogP contribution in [0.1, 0.15) is 37.5 Å². The highest BCUT2D eigenvalue weighted by atomic mass is 16.4. The van der Waals surface area contributed by atoms with Crippen LogP contribution in [-0.4, -0.2) is 55.4 Å². The van der Waals surface area contributed by atoms with Crippen molar-refractivity contribution >= 4 is 29.8 Å². The Morgan fingerprint density at radius 2 is 1.00 bits per heavy atom. The predicted molar refractivity (Wildman–Crippen MR) is 76.3 cm³/mol. The number of aliphatic carboxylic acids is 2. The van der Waals surface area contributed by atoms with E-state index < -0.39 is 36.3 Å². The summed E-state index contributed by atoms with van der Waals surface area (Å²) in [5, 5.41) is 41.9. The molecule has 0 aromatic heterocycles. The third-order valence-electron chi connectivity index (χ3n) is 2.34. The van der Waals surface area contributed by atoms with E-state index in [2.05, 4.69) is 6.58 Å². The van der Waals surface area contributed by atoms with Crippen molar-refractivity contribution in [2.45, 2.75) is 6.42 Å². The Bertz CT molecular complexity index is 637. The standard InChI is InChI=1S/C9H6O6.C5H6O4/c10-7(11)4-1-5(8(12)13)3-6(2-4)9(14)15;1-3(5(8)9)2-4(6)7/h1-3H,(H,10,11)(H,12,13)(H,14,15);1-2H2,(H,6,7)(H,8,9). The quantitative estimate of drug-likeness (QED) is 0.465. The SMILES string of the molecule is C=C(CC(=O)O)C(=O)O.O=C(O)c1cc(C(=O)O)cc(C(=O)O)c1. The second-order valence-corrected chi connectivity index (χ2v) is 4.19. The van der Waals surface area contributed by atoms with E-state index in [4.69, 9.17) is 25.5 Å². The molecule has 0 spiro atoms. The van der Waals surface area contributed by atoms with Crippen LogP contribution in [-0.2, 0) is 9.59 Å². The maximum atomic E-state index is 10.6. The molecular weight excluding hydrogens is 328 g/mol. The second kappa shape index (κ2) is 8.68. The van der Waals surface area contributed by atoms with E-state index in [0.29, 0.717) is 0 Å². The molecule has 0 fully saturated rings. The van der Waals surface area contributed by atoms with E-state index in [0.717, 1.165) is 18.2 Å². The fraction of sp³-hybridized carbons (Fsp3) is 0.0714. The summed E-state index contributed by atoms with van der Waals surface area (Å²) in [6.07, 6.45) is -0.505. The molecule has 1 rings (SSSR count). The van der Waals surface area contributed by atoms with Gasteiger partial charge in [-0.1, -0.05) is 6.58 Å². The summed E-state index contributed by atoms with van der Waals surface area (Å²) < 4.78 is 0. The Balaban J connectivity index is 0.000000506. The van der Waals surface area contributed by atoms with Gasteiger partial charge in [-0.2, -0.15) is 0 Å². The molecular formula is C14H12O10. The van der Waals surface area contributed by atoms with Crippen LogP contribution < -0.4 is 0 Å². The highest BCUT2D eigenvalue weighted by Gasteiger charge is 2.14. The van der Waals surface area contributed by atoms with Gasteiger partial charge < -0.3 is 25.5 Å². The van der Waals surface area contributed by atoms with Crippen molar-refractivity contribution < 1.29 is 49.5 Å². The lowest BCUT2D eigenvalue weighted by Gasteiger charge is -2.00. The number of aromatic carboxylic acids is 3. The minimum atomic E-state index is -1.37. The number of hydrogen-bond acceptors (Lipinski definition) is 5. The fourth-order valence-electron chi connectivity index (χ4n) is 1.26. The van der Waals surface area contributed by atoms with Gasteiger partial charge in [-0.15, -0.1) is 0 Å². The van der Waals surface area contributed by atoms with Gasteiger partial charge in [0.25, 0.3) is 0 Å². The van der Waals surface area contributed by atoms with Gasteiger partial charge in [0.15, 0.2) is 0 Å². The molecule has 10 heteroatoms. The zero-order chi connectivity index (χ0) is 19.0. The Hall–Kier alpha value is -3.69. The fourth-order valence-corrected chi connectivity index (χ4v) is 1.26. The lowest BCUT2D eigenvalue weighted by Crippen LogP contribution is -2.07. The predicted octanol–water partition coefficient (Wildman–Crippen LogP) is 0.883. The average molecular weight is 340 g/mol. The molecule has 0 unspecified atom stereocenters. The normalized spacial score (nSPS) is 9.17. The number of hydrogen-bond donors (Lipinski definition) is 5. The van der Waals surface area contributed by atoms with Gasteiger partial charge in [-0.05, 0) is 18.2 Å². The maximum absolute atomic E-state index is 10.6. The molecule has 0 aliphatic rings. The molecule has 1 aromatic carbocycles. The monoisotopic (exact) mass is 340 g/mol. The van der Waals surface area contributed by atoms with Gasteiger partial charge in [0.2, 0.25) is 0 Å². The number of carboxylic acids is 5. The van der Waals surface area contributed by atoms with Crippen LogP contribution in [0.4, 0.5) is 0 Å². The number of carboxylic acid groups (broad SMARTS) is 5. The van der Waals surface area contributed by atoms with Crippen LogP contribution in [0.5, 0.6) is 0 Å². The van der Waals surface area contributed by atoms with Crippen LogP contribution in [0.3, 0.4) is 0 Å². The van der Waals surface area contributed by atoms with Crippen LogP contribution >= 0.6 is 0 Å². The topological polar surface area (TPSA) is 186 Å². The van der Waals surface area contributed by atoms with Crippen molar-refractivity contribution in [3.05, 3.63) is 47.0 Å². The maximum Gasteiger partial charge on any atom is 0.335 e. The summed E-state index contributed by atoms with van der Waals surface area (Å²) in [5.74, 6) is -6.57. The molecule has 10 nitrogen and oxygen atoms in total. The zero-order valence-corrected chi connectivity index (χ0v) is 11.9. The molecule has 24 heavy (non-hydrogen) atoms. The van der Waals surface area contributed by atoms with Gasteiger partial charge in [0.1, 0.15) is 0 Å². The minimum absolute atomic E-state index is 0.303. The first-order valence-corrected chi connectivity index (χ1v) is 5.93. The van der Waals surface area contributed by atoms with E-state index in [1.54, 1.807) is 0 Å². The third-order valence-corrected chi connectivity index (χ3v) is 2.34. The Morgan fingerprint density at radius 1 is 0.708 bits per heavy atom. The number of benzene rings is 1. The summed E-state index contributed by atoms with van der Waals surface area (Å²) in [4.78, 5) is 51.4. The lowest BCUT2D eigenvalue weighted by atomic mass is 10.1. The molecule has 0 atom stereocenters. The van der Waals surface area contributed by atoms with Crippen molar-refractivity contribution in [1.29, 1.82) is 0 Å². The Morgan fingerprint density at radius 3 is 1.12 bits per heavy atom. The van der Waals surface area contributed by atoms with Gasteiger partial charge in [-0.3, -0.25) is 4.79 Å². The summed E-state index contributed by atoms with van der Waals surface area (Å²) in [6, 6.07) is 2.70. The molecule has 0 heterocycles. The zero-order valence-electron chi connectivity index (χ0n) is 11.9.